The molecule has 0 unspecified atom stereocenters. The molecule has 1 aromatic rings. The molecule has 1 heterocycles. The molecule has 0 bridgehead atoms. The molecule has 19 heavy (non-hydrogen) atoms. The molecule has 1 aliphatic rings. The molecular formula is C14H17NO4. The normalized spacial score (nSPS) is 23.3. The molecule has 0 aliphatic carbocycles. The maximum Gasteiger partial charge on any atom is 0.416 e. The number of likely N-dealkylation sites (tertiary alicyclic amines) is 1. The van der Waals surface area contributed by atoms with Crippen LogP contribution in [0.3, 0.4) is 0 Å². The van der Waals surface area contributed by atoms with Crippen LogP contribution < -0.4 is 0 Å². The van der Waals surface area contributed by atoms with E-state index in [0.717, 1.165) is 4.90 Å². The second kappa shape index (κ2) is 5.40. The van der Waals surface area contributed by atoms with Crippen LogP contribution in [0, 0.1) is 0 Å². The lowest BCUT2D eigenvalue weighted by atomic mass is 9.85. The Hall–Kier alpha value is -1.88. The zero-order valence-corrected chi connectivity index (χ0v) is 10.8. The Bertz CT molecular complexity index is 474. The van der Waals surface area contributed by atoms with E-state index in [9.17, 15) is 14.7 Å². The highest BCUT2D eigenvalue weighted by Gasteiger charge is 2.46. The molecule has 1 saturated heterocycles. The Balaban J connectivity index is 2.27. The number of benzene rings is 1. The summed E-state index contributed by atoms with van der Waals surface area (Å²) < 4.78 is 4.84. The van der Waals surface area contributed by atoms with Crippen LogP contribution in [0.25, 0.3) is 0 Å². The van der Waals surface area contributed by atoms with Gasteiger partial charge in [-0.3, -0.25) is 4.79 Å². The molecule has 5 heteroatoms. The first kappa shape index (κ1) is 13.5. The summed E-state index contributed by atoms with van der Waals surface area (Å²) in [6, 6.07) is 8.69. The van der Waals surface area contributed by atoms with Gasteiger partial charge in [-0.2, -0.15) is 0 Å². The lowest BCUT2D eigenvalue weighted by molar-refractivity contribution is -0.156. The van der Waals surface area contributed by atoms with E-state index < -0.39 is 17.6 Å². The largest absolute Gasteiger partial charge is 0.449 e. The van der Waals surface area contributed by atoms with Crippen molar-refractivity contribution in [1.29, 1.82) is 0 Å². The van der Waals surface area contributed by atoms with Gasteiger partial charge in [-0.15, -0.1) is 0 Å². The summed E-state index contributed by atoms with van der Waals surface area (Å²) in [5, 5.41) is 10.6. The molecule has 2 rings (SSSR count). The molecule has 0 aromatic heterocycles. The first-order chi connectivity index (χ1) is 9.09. The maximum atomic E-state index is 12.3. The minimum atomic E-state index is -1.63. The van der Waals surface area contributed by atoms with Gasteiger partial charge in [-0.05, 0) is 25.3 Å². The second-order valence-electron chi connectivity index (χ2n) is 4.49. The highest BCUT2D eigenvalue weighted by atomic mass is 16.6. The van der Waals surface area contributed by atoms with Crippen molar-refractivity contribution in [2.45, 2.75) is 25.4 Å². The van der Waals surface area contributed by atoms with Crippen LogP contribution in [0.1, 0.15) is 25.3 Å². The van der Waals surface area contributed by atoms with E-state index in [2.05, 4.69) is 0 Å². The van der Waals surface area contributed by atoms with Gasteiger partial charge in [0.15, 0.2) is 5.60 Å². The number of amides is 2. The predicted octanol–water partition coefficient (Wildman–Crippen LogP) is 1.65. The third-order valence-corrected chi connectivity index (χ3v) is 3.26. The van der Waals surface area contributed by atoms with Gasteiger partial charge in [0.25, 0.3) is 5.91 Å². The number of nitrogens with zero attached hydrogens (tertiary/aromatic N) is 1. The van der Waals surface area contributed by atoms with Crippen molar-refractivity contribution < 1.29 is 19.4 Å². The SMILES string of the molecule is CCOC(=O)N1CCC[C@](O)(c2ccccc2)C1=O. The molecule has 1 N–H and O–H groups in total. The predicted molar refractivity (Wildman–Crippen MR) is 68.3 cm³/mol. The molecule has 1 fully saturated rings. The van der Waals surface area contributed by atoms with Gasteiger partial charge in [0, 0.05) is 6.54 Å². The third-order valence-electron chi connectivity index (χ3n) is 3.26. The van der Waals surface area contributed by atoms with Crippen molar-refractivity contribution in [3.8, 4) is 0 Å². The summed E-state index contributed by atoms with van der Waals surface area (Å²) in [5.74, 6) is -0.608. The Labute approximate surface area is 111 Å². The molecule has 1 atom stereocenters. The number of hydrogen-bond donors (Lipinski definition) is 1. The van der Waals surface area contributed by atoms with Gasteiger partial charge >= 0.3 is 6.09 Å². The fraction of sp³-hybridized carbons (Fsp3) is 0.429. The van der Waals surface area contributed by atoms with E-state index in [-0.39, 0.29) is 13.2 Å². The van der Waals surface area contributed by atoms with Crippen molar-refractivity contribution in [3.63, 3.8) is 0 Å². The average molecular weight is 263 g/mol. The summed E-state index contributed by atoms with van der Waals surface area (Å²) in [6.07, 6.45) is 0.170. The van der Waals surface area contributed by atoms with Crippen molar-refractivity contribution in [2.75, 3.05) is 13.2 Å². The second-order valence-corrected chi connectivity index (χ2v) is 4.49. The maximum absolute atomic E-state index is 12.3. The first-order valence-corrected chi connectivity index (χ1v) is 6.36. The van der Waals surface area contributed by atoms with E-state index in [1.165, 1.54) is 0 Å². The number of carbonyl (C=O) groups excluding carboxylic acids is 2. The average Bonchev–Trinajstić information content (AvgIpc) is 2.43. The van der Waals surface area contributed by atoms with Gasteiger partial charge in [0.2, 0.25) is 0 Å². The van der Waals surface area contributed by atoms with Gasteiger partial charge in [-0.1, -0.05) is 30.3 Å². The van der Waals surface area contributed by atoms with Gasteiger partial charge in [0.05, 0.1) is 6.61 Å². The lowest BCUT2D eigenvalue weighted by Gasteiger charge is -2.36. The summed E-state index contributed by atoms with van der Waals surface area (Å²) in [6.45, 7) is 2.16. The van der Waals surface area contributed by atoms with Crippen molar-refractivity contribution in [1.82, 2.24) is 4.90 Å². The Morgan fingerprint density at radius 1 is 1.42 bits per heavy atom. The van der Waals surface area contributed by atoms with Crippen LogP contribution in [0.15, 0.2) is 30.3 Å². The number of piperidine rings is 1. The smallest absolute Gasteiger partial charge is 0.416 e. The zero-order chi connectivity index (χ0) is 13.9. The molecule has 102 valence electrons. The molecule has 5 nitrogen and oxygen atoms in total. The van der Waals surface area contributed by atoms with E-state index in [4.69, 9.17) is 4.74 Å². The highest BCUT2D eigenvalue weighted by Crippen LogP contribution is 2.32. The number of rotatable bonds is 2. The molecule has 0 radical (unpaired) electrons. The monoisotopic (exact) mass is 263 g/mol. The quantitative estimate of drug-likeness (QED) is 0.881. The van der Waals surface area contributed by atoms with E-state index in [0.29, 0.717) is 18.4 Å². The van der Waals surface area contributed by atoms with Crippen LogP contribution in [0.5, 0.6) is 0 Å². The number of aliphatic hydroxyl groups is 1. The lowest BCUT2D eigenvalue weighted by Crippen LogP contribution is -2.53. The topological polar surface area (TPSA) is 66.8 Å². The van der Waals surface area contributed by atoms with Crippen LogP contribution in [-0.4, -0.2) is 35.2 Å². The van der Waals surface area contributed by atoms with Gasteiger partial charge < -0.3 is 9.84 Å². The van der Waals surface area contributed by atoms with Crippen LogP contribution >= 0.6 is 0 Å². The minimum Gasteiger partial charge on any atom is -0.449 e. The van der Waals surface area contributed by atoms with E-state index in [1.54, 1.807) is 31.2 Å². The third kappa shape index (κ3) is 2.46. The number of hydrogen-bond acceptors (Lipinski definition) is 4. The summed E-state index contributed by atoms with van der Waals surface area (Å²) >= 11 is 0. The fourth-order valence-electron chi connectivity index (χ4n) is 2.28. The Morgan fingerprint density at radius 3 is 2.74 bits per heavy atom. The molecule has 0 spiro atoms. The number of ether oxygens (including phenoxy) is 1. The standard InChI is InChI=1S/C14H17NO4/c1-2-19-13(17)15-10-6-9-14(18,12(15)16)11-7-4-3-5-8-11/h3-5,7-8,18H,2,6,9-10H2,1H3/t14-/m0/s1. The van der Waals surface area contributed by atoms with E-state index >= 15 is 0 Å². The Kier molecular flexibility index (Phi) is 3.85. The highest BCUT2D eigenvalue weighted by molar-refractivity contribution is 5.98. The molecule has 1 aromatic carbocycles. The molecular weight excluding hydrogens is 246 g/mol. The number of carbonyl (C=O) groups is 2. The van der Waals surface area contributed by atoms with Crippen molar-refractivity contribution in [2.24, 2.45) is 0 Å². The van der Waals surface area contributed by atoms with Crippen LogP contribution in [0.2, 0.25) is 0 Å². The molecule has 2 amide bonds. The van der Waals surface area contributed by atoms with Crippen LogP contribution in [0.4, 0.5) is 4.79 Å². The summed E-state index contributed by atoms with van der Waals surface area (Å²) in [7, 11) is 0. The molecule has 0 saturated carbocycles. The summed E-state index contributed by atoms with van der Waals surface area (Å²) in [4.78, 5) is 25.0. The number of imide groups is 1. The van der Waals surface area contributed by atoms with E-state index in [1.807, 2.05) is 6.07 Å². The first-order valence-electron chi connectivity index (χ1n) is 6.36. The van der Waals surface area contributed by atoms with Crippen molar-refractivity contribution >= 4 is 12.0 Å². The fourth-order valence-corrected chi connectivity index (χ4v) is 2.28. The van der Waals surface area contributed by atoms with Gasteiger partial charge in [0.1, 0.15) is 0 Å². The molecule has 1 aliphatic heterocycles. The Morgan fingerprint density at radius 2 is 2.11 bits per heavy atom. The minimum absolute atomic E-state index is 0.201. The van der Waals surface area contributed by atoms with Gasteiger partial charge in [-0.25, -0.2) is 9.69 Å². The van der Waals surface area contributed by atoms with Crippen LogP contribution in [-0.2, 0) is 15.1 Å². The summed E-state index contributed by atoms with van der Waals surface area (Å²) in [5.41, 5.74) is -1.12. The van der Waals surface area contributed by atoms with Crippen molar-refractivity contribution in [3.05, 3.63) is 35.9 Å². The zero-order valence-electron chi connectivity index (χ0n) is 10.8.